The number of rotatable bonds is 6. The average molecular weight is 419 g/mol. The summed E-state index contributed by atoms with van der Waals surface area (Å²) in [5, 5.41) is 11.5. The van der Waals surface area contributed by atoms with Gasteiger partial charge in [-0.15, -0.1) is 10.2 Å². The van der Waals surface area contributed by atoms with Crippen LogP contribution in [0.25, 0.3) is 0 Å². The fourth-order valence-corrected chi connectivity index (χ4v) is 4.74. The Hall–Kier alpha value is -3.26. The fraction of sp³-hybridized carbons (Fsp3) is 0.391. The summed E-state index contributed by atoms with van der Waals surface area (Å²) in [6.07, 6.45) is 2.60. The first-order valence-corrected chi connectivity index (χ1v) is 10.7. The molecule has 31 heavy (non-hydrogen) atoms. The van der Waals surface area contributed by atoms with Gasteiger partial charge in [0.25, 0.3) is 5.91 Å². The van der Waals surface area contributed by atoms with Crippen molar-refractivity contribution in [3.05, 3.63) is 71.4 Å². The molecule has 0 aliphatic carbocycles. The molecule has 4 heterocycles. The minimum atomic E-state index is -0.170. The fourth-order valence-electron chi connectivity index (χ4n) is 4.74. The van der Waals surface area contributed by atoms with E-state index >= 15 is 0 Å². The number of amides is 1. The normalized spacial score (nSPS) is 20.2. The Morgan fingerprint density at radius 1 is 1.10 bits per heavy atom. The molecule has 2 aromatic heterocycles. The van der Waals surface area contributed by atoms with Crippen LogP contribution in [0.5, 0.6) is 5.88 Å². The van der Waals surface area contributed by atoms with Crippen LogP contribution in [-0.2, 0) is 26.1 Å². The third kappa shape index (κ3) is 4.03. The van der Waals surface area contributed by atoms with Crippen molar-refractivity contribution in [2.45, 2.75) is 26.1 Å². The highest BCUT2D eigenvalue weighted by Gasteiger charge is 2.39. The van der Waals surface area contributed by atoms with Crippen LogP contribution < -0.4 is 10.1 Å². The van der Waals surface area contributed by atoms with E-state index in [1.54, 1.807) is 13.3 Å². The number of hydrogen-bond acceptors (Lipinski definition) is 6. The van der Waals surface area contributed by atoms with Crippen LogP contribution in [0, 0.1) is 11.8 Å². The van der Waals surface area contributed by atoms with Crippen LogP contribution in [0.4, 0.5) is 0 Å². The maximum atomic E-state index is 12.8. The number of likely N-dealkylation sites (tertiary alicyclic amines) is 1. The largest absolute Gasteiger partial charge is 0.481 e. The number of hydrogen-bond donors (Lipinski definition) is 1. The lowest BCUT2D eigenvalue weighted by atomic mass is 9.89. The van der Waals surface area contributed by atoms with Crippen molar-refractivity contribution in [1.29, 1.82) is 0 Å². The van der Waals surface area contributed by atoms with Gasteiger partial charge >= 0.3 is 0 Å². The minimum Gasteiger partial charge on any atom is -0.481 e. The molecule has 0 bridgehead atoms. The van der Waals surface area contributed by atoms with Crippen LogP contribution in [-0.4, -0.2) is 50.8 Å². The number of carbonyl (C=O) groups is 1. The molecule has 2 aliphatic heterocycles. The molecule has 1 fully saturated rings. The predicted molar refractivity (Wildman–Crippen MR) is 114 cm³/mol. The number of aromatic nitrogens is 4. The first kappa shape index (κ1) is 19.7. The van der Waals surface area contributed by atoms with E-state index in [4.69, 9.17) is 4.74 Å². The number of ether oxygens (including phenoxy) is 1. The Morgan fingerprint density at radius 3 is 2.77 bits per heavy atom. The number of nitrogens with zero attached hydrogens (tertiary/aromatic N) is 5. The summed E-state index contributed by atoms with van der Waals surface area (Å²) in [4.78, 5) is 19.5. The van der Waals surface area contributed by atoms with E-state index in [-0.39, 0.29) is 5.91 Å². The van der Waals surface area contributed by atoms with Crippen LogP contribution in [0.2, 0.25) is 0 Å². The Kier molecular flexibility index (Phi) is 5.38. The topological polar surface area (TPSA) is 85.2 Å². The van der Waals surface area contributed by atoms with Gasteiger partial charge in [-0.3, -0.25) is 9.69 Å². The highest BCUT2D eigenvalue weighted by molar-refractivity contribution is 5.90. The number of pyridine rings is 1. The number of methoxy groups -OCH3 is 1. The SMILES string of the molecule is COc1ncccc1CN1C[C@@H]2Cc3nnc(C(=O)NCc4ccccc4)n3C[C@@H]2C1. The van der Waals surface area contributed by atoms with Gasteiger partial charge in [0.15, 0.2) is 0 Å². The molecule has 5 rings (SSSR count). The molecular weight excluding hydrogens is 392 g/mol. The molecule has 1 N–H and O–H groups in total. The van der Waals surface area contributed by atoms with Crippen molar-refractivity contribution in [3.8, 4) is 5.88 Å². The molecule has 1 aromatic carbocycles. The predicted octanol–water partition coefficient (Wildman–Crippen LogP) is 1.92. The smallest absolute Gasteiger partial charge is 0.289 e. The molecule has 0 saturated carbocycles. The van der Waals surface area contributed by atoms with E-state index in [0.717, 1.165) is 49.6 Å². The maximum absolute atomic E-state index is 12.8. The number of nitrogens with one attached hydrogen (secondary N) is 1. The zero-order valence-electron chi connectivity index (χ0n) is 17.6. The average Bonchev–Trinajstić information content (AvgIpc) is 3.39. The summed E-state index contributed by atoms with van der Waals surface area (Å²) in [6.45, 7) is 4.06. The first-order valence-electron chi connectivity index (χ1n) is 10.7. The lowest BCUT2D eigenvalue weighted by Gasteiger charge is -2.25. The van der Waals surface area contributed by atoms with E-state index in [0.29, 0.717) is 30.1 Å². The second-order valence-corrected chi connectivity index (χ2v) is 8.31. The third-order valence-corrected chi connectivity index (χ3v) is 6.28. The molecule has 8 heteroatoms. The van der Waals surface area contributed by atoms with Gasteiger partial charge in [0.05, 0.1) is 7.11 Å². The van der Waals surface area contributed by atoms with Crippen LogP contribution >= 0.6 is 0 Å². The first-order chi connectivity index (χ1) is 15.2. The van der Waals surface area contributed by atoms with Crippen molar-refractivity contribution >= 4 is 5.91 Å². The van der Waals surface area contributed by atoms with Crippen LogP contribution in [0.1, 0.15) is 27.6 Å². The summed E-state index contributed by atoms with van der Waals surface area (Å²) in [5.41, 5.74) is 2.16. The van der Waals surface area contributed by atoms with Gasteiger partial charge in [0.2, 0.25) is 11.7 Å². The van der Waals surface area contributed by atoms with Gasteiger partial charge in [0.1, 0.15) is 5.82 Å². The summed E-state index contributed by atoms with van der Waals surface area (Å²) in [5.74, 6) is 2.85. The zero-order chi connectivity index (χ0) is 21.2. The molecule has 2 aliphatic rings. The molecule has 1 amide bonds. The summed E-state index contributed by atoms with van der Waals surface area (Å²) in [7, 11) is 1.66. The van der Waals surface area contributed by atoms with E-state index in [2.05, 4.69) is 31.5 Å². The second kappa shape index (κ2) is 8.47. The monoisotopic (exact) mass is 418 g/mol. The molecule has 2 atom stereocenters. The Morgan fingerprint density at radius 2 is 1.94 bits per heavy atom. The number of carbonyl (C=O) groups excluding carboxylic acids is 1. The Labute approximate surface area is 181 Å². The Balaban J connectivity index is 1.24. The number of benzene rings is 1. The van der Waals surface area contributed by atoms with Gasteiger partial charge in [-0.05, 0) is 23.5 Å². The molecule has 1 saturated heterocycles. The summed E-state index contributed by atoms with van der Waals surface area (Å²) >= 11 is 0. The van der Waals surface area contributed by atoms with Gasteiger partial charge in [0, 0.05) is 50.9 Å². The molecular formula is C23H26N6O2. The summed E-state index contributed by atoms with van der Waals surface area (Å²) in [6, 6.07) is 13.9. The highest BCUT2D eigenvalue weighted by atomic mass is 16.5. The second-order valence-electron chi connectivity index (χ2n) is 8.31. The molecule has 3 aromatic rings. The minimum absolute atomic E-state index is 0.170. The van der Waals surface area contributed by atoms with Crippen molar-refractivity contribution in [2.75, 3.05) is 20.2 Å². The zero-order valence-corrected chi connectivity index (χ0v) is 17.6. The van der Waals surface area contributed by atoms with E-state index in [1.807, 2.05) is 41.0 Å². The quantitative estimate of drug-likeness (QED) is 0.658. The van der Waals surface area contributed by atoms with E-state index in [1.165, 1.54) is 0 Å². The lowest BCUT2D eigenvalue weighted by Crippen LogP contribution is -2.32. The standard InChI is InChI=1S/C23H26N6O2/c1-31-23-17(8-5-9-24-23)12-28-13-18-10-20-26-27-21(29(20)15-19(18)14-28)22(30)25-11-16-6-3-2-4-7-16/h2-9,18-19H,10-15H2,1H3,(H,25,30)/t18-,19-/m0/s1. The van der Waals surface area contributed by atoms with Crippen molar-refractivity contribution in [1.82, 2.24) is 30.0 Å². The molecule has 0 unspecified atom stereocenters. The lowest BCUT2D eigenvalue weighted by molar-refractivity contribution is 0.0932. The van der Waals surface area contributed by atoms with Crippen molar-refractivity contribution in [2.24, 2.45) is 11.8 Å². The molecule has 0 spiro atoms. The van der Waals surface area contributed by atoms with Crippen molar-refractivity contribution < 1.29 is 9.53 Å². The van der Waals surface area contributed by atoms with Gasteiger partial charge < -0.3 is 14.6 Å². The van der Waals surface area contributed by atoms with Gasteiger partial charge in [-0.25, -0.2) is 4.98 Å². The van der Waals surface area contributed by atoms with E-state index in [9.17, 15) is 4.79 Å². The maximum Gasteiger partial charge on any atom is 0.289 e. The van der Waals surface area contributed by atoms with Gasteiger partial charge in [-0.2, -0.15) is 0 Å². The van der Waals surface area contributed by atoms with Crippen LogP contribution in [0.3, 0.4) is 0 Å². The van der Waals surface area contributed by atoms with Crippen LogP contribution in [0.15, 0.2) is 48.7 Å². The third-order valence-electron chi connectivity index (χ3n) is 6.28. The molecule has 8 nitrogen and oxygen atoms in total. The number of fused-ring (bicyclic) bond motifs is 2. The van der Waals surface area contributed by atoms with Gasteiger partial charge in [-0.1, -0.05) is 36.4 Å². The highest BCUT2D eigenvalue weighted by Crippen LogP contribution is 2.33. The Bertz CT molecular complexity index is 1070. The van der Waals surface area contributed by atoms with Crippen molar-refractivity contribution in [3.63, 3.8) is 0 Å². The summed E-state index contributed by atoms with van der Waals surface area (Å²) < 4.78 is 7.41. The molecule has 160 valence electrons. The molecule has 0 radical (unpaired) electrons. The van der Waals surface area contributed by atoms with E-state index < -0.39 is 0 Å².